The number of carbonyl (C=O) groups is 6. The summed E-state index contributed by atoms with van der Waals surface area (Å²) in [6.45, 7) is 11.8. The molecule has 5 heterocycles. The van der Waals surface area contributed by atoms with E-state index in [0.29, 0.717) is 35.1 Å². The zero-order chi connectivity index (χ0) is 103. The van der Waals surface area contributed by atoms with E-state index in [9.17, 15) is 5.53 Å². The highest BCUT2D eigenvalue weighted by molar-refractivity contribution is 6.21. The molecule has 30 nitrogen and oxygen atoms in total. The van der Waals surface area contributed by atoms with Crippen LogP contribution in [0.25, 0.3) is 10.4 Å². The Balaban J connectivity index is 0.912. The number of nitrogens with zero attached hydrogens (tertiary/aromatic N) is 4. The minimum atomic E-state index is -2.18. The summed E-state index contributed by atoms with van der Waals surface area (Å²) in [5, 5.41) is 3.87. The Hall–Kier alpha value is -13.2. The fraction of sp³-hybridized carbons (Fsp3) is 0.373. The number of hydrogen-bond donors (Lipinski definition) is 0. The molecule has 0 bridgehead atoms. The second-order valence-corrected chi connectivity index (χ2v) is 38.7. The van der Waals surface area contributed by atoms with Gasteiger partial charge in [-0.15, -0.1) is 6.58 Å². The summed E-state index contributed by atoms with van der Waals surface area (Å²) in [6, 6.07) is 93.1. The van der Waals surface area contributed by atoms with E-state index in [2.05, 4.69) is 16.6 Å². The van der Waals surface area contributed by atoms with E-state index < -0.39 is 176 Å². The van der Waals surface area contributed by atoms with Crippen molar-refractivity contribution >= 4 is 35.7 Å². The van der Waals surface area contributed by atoms with Gasteiger partial charge in [0.25, 0.3) is 11.8 Å². The lowest BCUT2D eigenvalue weighted by molar-refractivity contribution is -0.390. The predicted octanol–water partition coefficient (Wildman–Crippen LogP) is 19.1. The van der Waals surface area contributed by atoms with Crippen molar-refractivity contribution in [1.82, 2.24) is 4.90 Å². The minimum Gasteiger partial charge on any atom is -0.454 e. The topological polar surface area (TPSA) is 339 Å². The number of ether oxygens (including phenoxy) is 20. The van der Waals surface area contributed by atoms with Crippen LogP contribution < -0.4 is 0 Å². The normalized spacial score (nSPS) is 24.4. The summed E-state index contributed by atoms with van der Waals surface area (Å²) >= 11 is 0. The van der Waals surface area contributed by atoms with Gasteiger partial charge in [-0.1, -0.05) is 302 Å². The molecule has 11 aromatic carbocycles. The Kier molecular flexibility index (Phi) is 38.6. The first kappa shape index (κ1) is 108. The van der Waals surface area contributed by atoms with Crippen molar-refractivity contribution in [2.24, 2.45) is 15.9 Å². The highest BCUT2D eigenvalue weighted by Crippen LogP contribution is 2.45. The Morgan fingerprint density at radius 1 is 0.345 bits per heavy atom. The van der Waals surface area contributed by atoms with Crippen molar-refractivity contribution in [3.63, 3.8) is 0 Å². The molecule has 11 aromatic rings. The number of fused-ring (bicyclic) bond motifs is 1. The largest absolute Gasteiger partial charge is 0.454 e. The number of imide groups is 1. The maximum absolute atomic E-state index is 16.7. The number of esters is 4. The molecule has 774 valence electrons. The summed E-state index contributed by atoms with van der Waals surface area (Å²) in [6.07, 6.45) is -28.7. The van der Waals surface area contributed by atoms with Crippen LogP contribution in [0.1, 0.15) is 146 Å². The maximum Gasteiger partial charge on any atom is 0.338 e. The van der Waals surface area contributed by atoms with Gasteiger partial charge in [-0.25, -0.2) is 9.59 Å². The molecule has 20 atom stereocenters. The molecule has 148 heavy (non-hydrogen) atoms. The van der Waals surface area contributed by atoms with E-state index in [1.165, 1.54) is 30.3 Å². The number of unbranched alkanes of at least 4 members (excludes halogenated alkanes) is 1. The third-order valence-corrected chi connectivity index (χ3v) is 25.7. The average Bonchev–Trinajstić information content (AvgIpc) is 1.48. The summed E-state index contributed by atoms with van der Waals surface area (Å²) < 4.78 is 145. The van der Waals surface area contributed by atoms with E-state index in [1.807, 2.05) is 243 Å². The van der Waals surface area contributed by atoms with Crippen molar-refractivity contribution < 1.29 is 124 Å². The summed E-state index contributed by atoms with van der Waals surface area (Å²) in [5.74, 6) is -5.38. The molecule has 0 aromatic heterocycles. The van der Waals surface area contributed by atoms with Crippen molar-refractivity contribution in [3.05, 3.63) is 417 Å². The Morgan fingerprint density at radius 3 is 1.05 bits per heavy atom. The van der Waals surface area contributed by atoms with Gasteiger partial charge in [-0.05, 0) is 140 Å². The molecule has 0 spiro atoms. The molecule has 30 heteroatoms. The van der Waals surface area contributed by atoms with Gasteiger partial charge in [0.05, 0.1) is 126 Å². The first-order valence-electron chi connectivity index (χ1n) is 50.0. The van der Waals surface area contributed by atoms with E-state index in [0.717, 1.165) is 27.2 Å². The molecule has 4 fully saturated rings. The molecule has 4 saturated heterocycles. The number of benzene rings is 11. The Morgan fingerprint density at radius 2 is 0.655 bits per heavy atom. The summed E-state index contributed by atoms with van der Waals surface area (Å²) in [5.41, 5.74) is 13.1. The van der Waals surface area contributed by atoms with Gasteiger partial charge in [0.15, 0.2) is 49.6 Å². The van der Waals surface area contributed by atoms with Gasteiger partial charge < -0.3 is 94.7 Å². The van der Waals surface area contributed by atoms with E-state index in [4.69, 9.17) is 94.7 Å². The first-order valence-corrected chi connectivity index (χ1v) is 50.0. The lowest BCUT2D eigenvalue weighted by Gasteiger charge is -2.53. The summed E-state index contributed by atoms with van der Waals surface area (Å²) in [4.78, 5) is 101. The monoisotopic (exact) mass is 2010 g/mol. The van der Waals surface area contributed by atoms with Crippen LogP contribution in [-0.2, 0) is 164 Å². The van der Waals surface area contributed by atoms with Crippen LogP contribution in [0.4, 0.5) is 0 Å². The molecule has 0 N–H and O–H groups in total. The van der Waals surface area contributed by atoms with Crippen LogP contribution in [0.5, 0.6) is 0 Å². The highest BCUT2D eigenvalue weighted by Gasteiger charge is 2.64. The zero-order valence-electron chi connectivity index (χ0n) is 83.6. The second kappa shape index (κ2) is 53.1. The molecule has 5 aliphatic heterocycles. The van der Waals surface area contributed by atoms with Crippen molar-refractivity contribution in [1.29, 1.82) is 0 Å². The molecule has 2 amide bonds. The first-order chi connectivity index (χ1) is 72.1. The Bertz CT molecular complexity index is 6060. The third-order valence-electron chi connectivity index (χ3n) is 25.7. The van der Waals surface area contributed by atoms with Gasteiger partial charge in [-0.3, -0.25) is 24.1 Å². The van der Waals surface area contributed by atoms with Crippen LogP contribution in [0, 0.1) is 10.8 Å². The van der Waals surface area contributed by atoms with Gasteiger partial charge in [0.1, 0.15) is 73.2 Å². The maximum atomic E-state index is 16.7. The lowest BCUT2D eigenvalue weighted by atomic mass is 9.92. The summed E-state index contributed by atoms with van der Waals surface area (Å²) in [7, 11) is 0. The van der Waals surface area contributed by atoms with Gasteiger partial charge >= 0.3 is 23.9 Å². The molecular formula is C118H126N4O26. The minimum absolute atomic E-state index is 0.0143. The molecule has 16 rings (SSSR count). The molecule has 0 aliphatic carbocycles. The zero-order valence-corrected chi connectivity index (χ0v) is 83.6. The van der Waals surface area contributed by atoms with Crippen molar-refractivity contribution in [2.45, 2.75) is 237 Å². The lowest BCUT2D eigenvalue weighted by Crippen LogP contribution is -2.71. The van der Waals surface area contributed by atoms with Crippen LogP contribution in [0.2, 0.25) is 0 Å². The van der Waals surface area contributed by atoms with Crippen LogP contribution in [0.15, 0.2) is 339 Å². The molecular weight excluding hydrogens is 1890 g/mol. The fourth-order valence-electron chi connectivity index (χ4n) is 18.0. The van der Waals surface area contributed by atoms with E-state index in [-0.39, 0.29) is 114 Å². The van der Waals surface area contributed by atoms with Gasteiger partial charge in [0, 0.05) is 4.91 Å². The highest BCUT2D eigenvalue weighted by atomic mass is 16.8. The van der Waals surface area contributed by atoms with Gasteiger partial charge in [0.2, 0.25) is 0 Å². The quantitative estimate of drug-likeness (QED) is 0.00499. The number of azide groups is 1. The van der Waals surface area contributed by atoms with Crippen LogP contribution >= 0.6 is 0 Å². The van der Waals surface area contributed by atoms with Crippen molar-refractivity contribution in [2.75, 3.05) is 33.0 Å². The van der Waals surface area contributed by atoms with Crippen molar-refractivity contribution in [3.8, 4) is 0 Å². The molecule has 0 saturated carbocycles. The van der Waals surface area contributed by atoms with Crippen LogP contribution in [-0.4, -0.2) is 196 Å². The molecule has 5 aliphatic rings. The number of carbonyl (C=O) groups excluding carboxylic acids is 6. The number of hydrogen-bond acceptors (Lipinski definition) is 27. The predicted molar refractivity (Wildman–Crippen MR) is 543 cm³/mol. The standard InChI is InChI=1S/C118H126N4O26/c1-8-9-41-64-133-112-104(147-115(127)117(2,3)4)102(137-73-85-56-33-17-34-57-85)99(94(139-112)77-132-69-81-48-25-13-26-49-81)145-114-106(148-116(128)118(5,6)7)103(97(135-71-83-52-29-15-30-53-83)92(141-114)75-130-67-79-44-21-11-22-45-79)146-111-95(122-107(123)89-62-39-40-63-90(89)108(122)124)100(142-109(125)86-58-35-18-36-59-86)98(93(138-111)76-131-68-80-46-23-12-24-47-80)144-113-105(143-110(126)88-61-38-37-60-87(88)65-120-121-119)101(136-72-84-54-31-16-32-55-84)96(134-70-82-50-27-14-28-51-82)91(140-113)74-129-66-78-42-19-10-20-43-78/h8,10-40,42-63,91-106,111-114H,1,9,41,64-77H2,2-7H3. The third kappa shape index (κ3) is 28.9. The Labute approximate surface area is 861 Å². The number of rotatable bonds is 48. The second-order valence-electron chi connectivity index (χ2n) is 38.7. The smallest absolute Gasteiger partial charge is 0.338 e. The van der Waals surface area contributed by atoms with E-state index >= 15 is 28.8 Å². The SMILES string of the molecule is C=CCCCOC1OC(COCc2ccccc2)C(OC2OC(COCc3ccccc3)C(OCc3ccccc3)C(OC3OC(COCc4ccccc4)C(OC4OC(COCc5ccccc5)C(OCc5ccccc5)C(OCc5ccccc5)C4OC(=O)c4ccccc4CN=[N+]=[N-])C(OC(=O)c4ccccc4)C3N3C(=O)c4ccccc4C3=O)C2OC(=O)C(C)(C)C)C(OCc2ccccc2)C1OC(=O)C(C)(C)C. The number of amides is 2. The molecule has 0 radical (unpaired) electrons. The molecule has 20 unspecified atom stereocenters. The average molecular weight is 2020 g/mol. The van der Waals surface area contributed by atoms with E-state index in [1.54, 1.807) is 96.1 Å². The fourth-order valence-corrected chi connectivity index (χ4v) is 18.0. The number of allylic oxidation sites excluding steroid dienone is 1. The van der Waals surface area contributed by atoms with Gasteiger partial charge in [-0.2, -0.15) is 0 Å². The van der Waals surface area contributed by atoms with Crippen LogP contribution in [0.3, 0.4) is 0 Å².